The lowest BCUT2D eigenvalue weighted by Gasteiger charge is -2.39. The van der Waals surface area contributed by atoms with Crippen LogP contribution in [0.3, 0.4) is 0 Å². The highest BCUT2D eigenvalue weighted by molar-refractivity contribution is 5.39. The van der Waals surface area contributed by atoms with Crippen LogP contribution in [0.15, 0.2) is 18.2 Å². The van der Waals surface area contributed by atoms with Crippen LogP contribution in [0.25, 0.3) is 0 Å². The Morgan fingerprint density at radius 1 is 1.12 bits per heavy atom. The molecule has 1 atom stereocenters. The van der Waals surface area contributed by atoms with Gasteiger partial charge in [-0.1, -0.05) is 33.3 Å². The standard InChI is InChI=1S/C15H22O2/c1-14(2)5-4-6-15(14,3)12-7-11(10-16)8-13(17)9-12/h7-9,16-17H,4-6,10H2,1-3H3/t15-/m1/s1. The van der Waals surface area contributed by atoms with E-state index in [0.29, 0.717) is 0 Å². The lowest BCUT2D eigenvalue weighted by Crippen LogP contribution is -2.34. The molecule has 2 N–H and O–H groups in total. The molecule has 2 heteroatoms. The molecule has 1 aliphatic carbocycles. The highest BCUT2D eigenvalue weighted by Gasteiger charge is 2.46. The van der Waals surface area contributed by atoms with Gasteiger partial charge in [0.15, 0.2) is 0 Å². The van der Waals surface area contributed by atoms with Crippen molar-refractivity contribution in [1.82, 2.24) is 0 Å². The van der Waals surface area contributed by atoms with Crippen molar-refractivity contribution in [3.8, 4) is 5.75 Å². The van der Waals surface area contributed by atoms with E-state index in [-0.39, 0.29) is 23.2 Å². The molecule has 0 spiro atoms. The Bertz CT molecular complexity index is 423. The Kier molecular flexibility index (Phi) is 2.94. The molecule has 0 bridgehead atoms. The zero-order chi connectivity index (χ0) is 12.7. The van der Waals surface area contributed by atoms with Crippen molar-refractivity contribution in [3.05, 3.63) is 29.3 Å². The fourth-order valence-corrected chi connectivity index (χ4v) is 3.12. The van der Waals surface area contributed by atoms with Crippen LogP contribution < -0.4 is 0 Å². The molecule has 0 heterocycles. The van der Waals surface area contributed by atoms with Crippen LogP contribution in [0.4, 0.5) is 0 Å². The number of aliphatic hydroxyl groups excluding tert-OH is 1. The summed E-state index contributed by atoms with van der Waals surface area (Å²) in [5.74, 6) is 0.260. The van der Waals surface area contributed by atoms with Gasteiger partial charge < -0.3 is 10.2 Å². The van der Waals surface area contributed by atoms with Gasteiger partial charge in [0, 0.05) is 0 Å². The van der Waals surface area contributed by atoms with Crippen LogP contribution in [0, 0.1) is 5.41 Å². The summed E-state index contributed by atoms with van der Waals surface area (Å²) in [5.41, 5.74) is 2.29. The molecule has 0 amide bonds. The number of rotatable bonds is 2. The summed E-state index contributed by atoms with van der Waals surface area (Å²) in [6.45, 7) is 6.85. The predicted octanol–water partition coefficient (Wildman–Crippen LogP) is 3.35. The molecule has 0 radical (unpaired) electrons. The van der Waals surface area contributed by atoms with Crippen molar-refractivity contribution in [2.75, 3.05) is 0 Å². The molecule has 0 saturated heterocycles. The minimum atomic E-state index is -0.0160. The van der Waals surface area contributed by atoms with Gasteiger partial charge in [-0.25, -0.2) is 0 Å². The van der Waals surface area contributed by atoms with Gasteiger partial charge in [0.2, 0.25) is 0 Å². The molecule has 2 rings (SSSR count). The molecule has 1 aliphatic rings. The van der Waals surface area contributed by atoms with Crippen molar-refractivity contribution >= 4 is 0 Å². The van der Waals surface area contributed by atoms with Gasteiger partial charge in [-0.15, -0.1) is 0 Å². The molecule has 2 nitrogen and oxygen atoms in total. The van der Waals surface area contributed by atoms with E-state index in [1.165, 1.54) is 12.8 Å². The first kappa shape index (κ1) is 12.4. The van der Waals surface area contributed by atoms with Gasteiger partial charge >= 0.3 is 0 Å². The summed E-state index contributed by atoms with van der Waals surface area (Å²) in [7, 11) is 0. The molecule has 17 heavy (non-hydrogen) atoms. The summed E-state index contributed by atoms with van der Waals surface area (Å²) < 4.78 is 0. The first-order valence-electron chi connectivity index (χ1n) is 6.33. The van der Waals surface area contributed by atoms with Crippen LogP contribution in [-0.4, -0.2) is 10.2 Å². The predicted molar refractivity (Wildman–Crippen MR) is 69.0 cm³/mol. The van der Waals surface area contributed by atoms with Crippen molar-refractivity contribution < 1.29 is 10.2 Å². The van der Waals surface area contributed by atoms with Crippen molar-refractivity contribution in [3.63, 3.8) is 0 Å². The molecular formula is C15H22O2. The second-order valence-corrected chi connectivity index (χ2v) is 6.12. The van der Waals surface area contributed by atoms with Gasteiger partial charge in [0.25, 0.3) is 0 Å². The van der Waals surface area contributed by atoms with E-state index >= 15 is 0 Å². The summed E-state index contributed by atoms with van der Waals surface area (Å²) in [6.07, 6.45) is 3.59. The van der Waals surface area contributed by atoms with Gasteiger partial charge in [-0.3, -0.25) is 0 Å². The normalized spacial score (nSPS) is 27.3. The van der Waals surface area contributed by atoms with Crippen LogP contribution in [0.1, 0.15) is 51.2 Å². The maximum absolute atomic E-state index is 9.76. The van der Waals surface area contributed by atoms with E-state index in [0.717, 1.165) is 17.5 Å². The average molecular weight is 234 g/mol. The van der Waals surface area contributed by atoms with Crippen molar-refractivity contribution in [1.29, 1.82) is 0 Å². The number of hydrogen-bond acceptors (Lipinski definition) is 2. The number of hydrogen-bond donors (Lipinski definition) is 2. The topological polar surface area (TPSA) is 40.5 Å². The van der Waals surface area contributed by atoms with Gasteiger partial charge in [0.05, 0.1) is 6.61 Å². The fourth-order valence-electron chi connectivity index (χ4n) is 3.12. The Hall–Kier alpha value is -1.02. The highest BCUT2D eigenvalue weighted by atomic mass is 16.3. The molecule has 1 saturated carbocycles. The lowest BCUT2D eigenvalue weighted by molar-refractivity contribution is 0.223. The summed E-state index contributed by atoms with van der Waals surface area (Å²) in [5, 5.41) is 19.0. The van der Waals surface area contributed by atoms with Crippen LogP contribution in [0.5, 0.6) is 5.75 Å². The first-order valence-corrected chi connectivity index (χ1v) is 6.33. The molecule has 94 valence electrons. The third kappa shape index (κ3) is 1.95. The average Bonchev–Trinajstić information content (AvgIpc) is 2.53. The maximum Gasteiger partial charge on any atom is 0.116 e. The molecule has 0 aliphatic heterocycles. The third-order valence-corrected chi connectivity index (χ3v) is 4.77. The van der Waals surface area contributed by atoms with Crippen LogP contribution >= 0.6 is 0 Å². The van der Waals surface area contributed by atoms with Crippen molar-refractivity contribution in [2.45, 2.75) is 52.1 Å². The zero-order valence-corrected chi connectivity index (χ0v) is 11.0. The monoisotopic (exact) mass is 234 g/mol. The number of aromatic hydroxyl groups is 1. The molecule has 1 aromatic rings. The Morgan fingerprint density at radius 2 is 1.82 bits per heavy atom. The molecular weight excluding hydrogens is 212 g/mol. The molecule has 1 aromatic carbocycles. The highest BCUT2D eigenvalue weighted by Crippen LogP contribution is 2.54. The van der Waals surface area contributed by atoms with Gasteiger partial charge in [-0.05, 0) is 46.9 Å². The van der Waals surface area contributed by atoms with E-state index in [1.807, 2.05) is 12.1 Å². The minimum absolute atomic E-state index is 0.0160. The third-order valence-electron chi connectivity index (χ3n) is 4.77. The van der Waals surface area contributed by atoms with Gasteiger partial charge in [-0.2, -0.15) is 0 Å². The number of phenols is 1. The Morgan fingerprint density at radius 3 is 2.35 bits per heavy atom. The van der Waals surface area contributed by atoms with E-state index in [4.69, 9.17) is 0 Å². The molecule has 0 unspecified atom stereocenters. The number of aliphatic hydroxyl groups is 1. The Balaban J connectivity index is 2.49. The van der Waals surface area contributed by atoms with Crippen LogP contribution in [0.2, 0.25) is 0 Å². The summed E-state index contributed by atoms with van der Waals surface area (Å²) in [6, 6.07) is 5.52. The van der Waals surface area contributed by atoms with E-state index in [2.05, 4.69) is 20.8 Å². The smallest absolute Gasteiger partial charge is 0.116 e. The summed E-state index contributed by atoms with van der Waals surface area (Å²) >= 11 is 0. The second-order valence-electron chi connectivity index (χ2n) is 6.12. The zero-order valence-electron chi connectivity index (χ0n) is 11.0. The van der Waals surface area contributed by atoms with Crippen molar-refractivity contribution in [2.24, 2.45) is 5.41 Å². The van der Waals surface area contributed by atoms with E-state index in [1.54, 1.807) is 6.07 Å². The summed E-state index contributed by atoms with van der Waals surface area (Å²) in [4.78, 5) is 0. The van der Waals surface area contributed by atoms with E-state index in [9.17, 15) is 10.2 Å². The quantitative estimate of drug-likeness (QED) is 0.823. The maximum atomic E-state index is 9.76. The Labute approximate surface area is 103 Å². The SMILES string of the molecule is CC1(C)CCC[C@]1(C)c1cc(O)cc(CO)c1. The van der Waals surface area contributed by atoms with Crippen LogP contribution in [-0.2, 0) is 12.0 Å². The first-order chi connectivity index (χ1) is 7.89. The largest absolute Gasteiger partial charge is 0.508 e. The molecule has 0 aromatic heterocycles. The second kappa shape index (κ2) is 4.02. The lowest BCUT2D eigenvalue weighted by atomic mass is 9.65. The van der Waals surface area contributed by atoms with E-state index < -0.39 is 0 Å². The minimum Gasteiger partial charge on any atom is -0.508 e. The van der Waals surface area contributed by atoms with Gasteiger partial charge in [0.1, 0.15) is 5.75 Å². The molecule has 1 fully saturated rings. The number of phenolic OH excluding ortho intramolecular Hbond substituents is 1. The fraction of sp³-hybridized carbons (Fsp3) is 0.600. The number of benzene rings is 1.